The molecule has 1 N–H and O–H groups in total. The standard InChI is InChI=1S/C40H70O4/c1-3-5-7-8-9-10-11-12-13-14-15-16-17-18-19-20-21-22-27-30-33-37-40(43)44-38(34-6-4-2)35-31-28-25-23-24-26-29-32-36-39(41)42/h9-10,12-13,15-16,18-19,38H,3-8,11,14,17,20-37H2,1-2H3,(H,41,42)/b10-9-,13-12-,16-15-,19-18-. The molecule has 254 valence electrons. The molecule has 0 aliphatic rings. The Kier molecular flexibility index (Phi) is 33.7. The van der Waals surface area contributed by atoms with Crippen molar-refractivity contribution in [3.05, 3.63) is 48.6 Å². The summed E-state index contributed by atoms with van der Waals surface area (Å²) in [7, 11) is 0. The fraction of sp³-hybridized carbons (Fsp3) is 0.750. The number of carboxylic acids is 1. The summed E-state index contributed by atoms with van der Waals surface area (Å²) in [5.74, 6) is -0.693. The number of aliphatic carboxylic acids is 1. The zero-order valence-electron chi connectivity index (χ0n) is 29.0. The number of esters is 1. The van der Waals surface area contributed by atoms with Gasteiger partial charge in [-0.05, 0) is 77.0 Å². The summed E-state index contributed by atoms with van der Waals surface area (Å²) in [5, 5.41) is 8.69. The van der Waals surface area contributed by atoms with Crippen LogP contribution in [0.15, 0.2) is 48.6 Å². The van der Waals surface area contributed by atoms with Crippen molar-refractivity contribution in [3.8, 4) is 0 Å². The number of carboxylic acid groups (broad SMARTS) is 1. The molecule has 0 saturated carbocycles. The van der Waals surface area contributed by atoms with Crippen LogP contribution in [-0.4, -0.2) is 23.1 Å². The van der Waals surface area contributed by atoms with E-state index in [-0.39, 0.29) is 12.1 Å². The van der Waals surface area contributed by atoms with E-state index in [1.807, 2.05) is 0 Å². The number of rotatable bonds is 33. The predicted molar refractivity (Wildman–Crippen MR) is 190 cm³/mol. The summed E-state index contributed by atoms with van der Waals surface area (Å²) in [6.45, 7) is 4.44. The van der Waals surface area contributed by atoms with Gasteiger partial charge in [0.2, 0.25) is 0 Å². The maximum absolute atomic E-state index is 12.4. The number of ether oxygens (including phenoxy) is 1. The zero-order valence-corrected chi connectivity index (χ0v) is 29.0. The van der Waals surface area contributed by atoms with E-state index < -0.39 is 5.97 Å². The van der Waals surface area contributed by atoms with Crippen molar-refractivity contribution < 1.29 is 19.4 Å². The average molecular weight is 615 g/mol. The van der Waals surface area contributed by atoms with Crippen molar-refractivity contribution in [3.63, 3.8) is 0 Å². The molecule has 4 nitrogen and oxygen atoms in total. The fourth-order valence-corrected chi connectivity index (χ4v) is 5.27. The maximum atomic E-state index is 12.4. The van der Waals surface area contributed by atoms with Gasteiger partial charge in [0.05, 0.1) is 0 Å². The molecule has 0 aliphatic heterocycles. The van der Waals surface area contributed by atoms with E-state index in [1.165, 1.54) is 70.6 Å². The lowest BCUT2D eigenvalue weighted by molar-refractivity contribution is -0.150. The Hall–Kier alpha value is -2.10. The first kappa shape index (κ1) is 41.9. The highest BCUT2D eigenvalue weighted by atomic mass is 16.5. The first-order valence-electron chi connectivity index (χ1n) is 18.6. The monoisotopic (exact) mass is 615 g/mol. The molecule has 0 amide bonds. The number of hydrogen-bond acceptors (Lipinski definition) is 3. The summed E-state index contributed by atoms with van der Waals surface area (Å²) in [6, 6.07) is 0. The Labute approximate surface area is 272 Å². The minimum absolute atomic E-state index is 0.00594. The lowest BCUT2D eigenvalue weighted by Crippen LogP contribution is -2.18. The SMILES string of the molecule is CCCCC/C=C\C/C=C\C/C=C\C/C=C\CCCCCCCC(=O)OC(CCCC)CCCCCCCCCCC(=O)O. The summed E-state index contributed by atoms with van der Waals surface area (Å²) in [5.41, 5.74) is 0. The lowest BCUT2D eigenvalue weighted by atomic mass is 10.0. The summed E-state index contributed by atoms with van der Waals surface area (Å²) in [6.07, 6.45) is 47.4. The quantitative estimate of drug-likeness (QED) is 0.0454. The van der Waals surface area contributed by atoms with E-state index in [1.54, 1.807) is 0 Å². The average Bonchev–Trinajstić information content (AvgIpc) is 3.01. The molecule has 0 aliphatic carbocycles. The molecule has 0 spiro atoms. The van der Waals surface area contributed by atoms with Crippen molar-refractivity contribution in [2.45, 2.75) is 193 Å². The predicted octanol–water partition coefficient (Wildman–Crippen LogP) is 12.8. The second-order valence-corrected chi connectivity index (χ2v) is 12.4. The molecule has 0 bridgehead atoms. The van der Waals surface area contributed by atoms with E-state index in [2.05, 4.69) is 62.5 Å². The largest absolute Gasteiger partial charge is 0.481 e. The van der Waals surface area contributed by atoms with Crippen LogP contribution in [0.5, 0.6) is 0 Å². The highest BCUT2D eigenvalue weighted by Gasteiger charge is 2.13. The van der Waals surface area contributed by atoms with Gasteiger partial charge in [-0.1, -0.05) is 146 Å². The van der Waals surface area contributed by atoms with Crippen molar-refractivity contribution in [2.75, 3.05) is 0 Å². The van der Waals surface area contributed by atoms with Crippen molar-refractivity contribution in [1.82, 2.24) is 0 Å². The smallest absolute Gasteiger partial charge is 0.306 e. The van der Waals surface area contributed by atoms with E-state index >= 15 is 0 Å². The second-order valence-electron chi connectivity index (χ2n) is 12.4. The van der Waals surface area contributed by atoms with Gasteiger partial charge in [-0.2, -0.15) is 0 Å². The van der Waals surface area contributed by atoms with Crippen molar-refractivity contribution >= 4 is 11.9 Å². The van der Waals surface area contributed by atoms with E-state index in [9.17, 15) is 9.59 Å². The highest BCUT2D eigenvalue weighted by molar-refractivity contribution is 5.69. The first-order chi connectivity index (χ1) is 21.6. The summed E-state index contributed by atoms with van der Waals surface area (Å²) < 4.78 is 5.88. The molecule has 0 aromatic heterocycles. The molecule has 44 heavy (non-hydrogen) atoms. The van der Waals surface area contributed by atoms with E-state index in [0.717, 1.165) is 89.9 Å². The molecular weight excluding hydrogens is 544 g/mol. The van der Waals surface area contributed by atoms with Crippen LogP contribution in [-0.2, 0) is 14.3 Å². The van der Waals surface area contributed by atoms with Crippen LogP contribution in [0.4, 0.5) is 0 Å². The molecule has 0 rings (SSSR count). The third-order valence-corrected chi connectivity index (χ3v) is 8.05. The van der Waals surface area contributed by atoms with Crippen LogP contribution < -0.4 is 0 Å². The topological polar surface area (TPSA) is 63.6 Å². The first-order valence-corrected chi connectivity index (χ1v) is 18.6. The molecule has 1 atom stereocenters. The van der Waals surface area contributed by atoms with Crippen LogP contribution in [0.1, 0.15) is 187 Å². The molecule has 0 aromatic carbocycles. The van der Waals surface area contributed by atoms with Gasteiger partial charge in [0.1, 0.15) is 6.10 Å². The molecule has 4 heteroatoms. The van der Waals surface area contributed by atoms with Gasteiger partial charge in [-0.3, -0.25) is 9.59 Å². The van der Waals surface area contributed by atoms with Crippen LogP contribution in [0.2, 0.25) is 0 Å². The van der Waals surface area contributed by atoms with E-state index in [4.69, 9.17) is 9.84 Å². The van der Waals surface area contributed by atoms with Crippen LogP contribution in [0.3, 0.4) is 0 Å². The zero-order chi connectivity index (χ0) is 32.2. The van der Waals surface area contributed by atoms with Crippen molar-refractivity contribution in [1.29, 1.82) is 0 Å². The van der Waals surface area contributed by atoms with Gasteiger partial charge in [0, 0.05) is 12.8 Å². The Morgan fingerprint density at radius 3 is 1.43 bits per heavy atom. The molecule has 0 radical (unpaired) electrons. The highest BCUT2D eigenvalue weighted by Crippen LogP contribution is 2.17. The molecule has 0 saturated heterocycles. The Balaban J connectivity index is 3.71. The van der Waals surface area contributed by atoms with Gasteiger partial charge in [-0.25, -0.2) is 0 Å². The summed E-state index contributed by atoms with van der Waals surface area (Å²) in [4.78, 5) is 23.0. The van der Waals surface area contributed by atoms with Gasteiger partial charge in [-0.15, -0.1) is 0 Å². The summed E-state index contributed by atoms with van der Waals surface area (Å²) >= 11 is 0. The third kappa shape index (κ3) is 34.4. The Morgan fingerprint density at radius 1 is 0.500 bits per heavy atom. The van der Waals surface area contributed by atoms with Crippen molar-refractivity contribution in [2.24, 2.45) is 0 Å². The van der Waals surface area contributed by atoms with Gasteiger partial charge < -0.3 is 9.84 Å². The molecule has 1 unspecified atom stereocenters. The molecule has 0 fully saturated rings. The van der Waals surface area contributed by atoms with Crippen LogP contribution in [0, 0.1) is 0 Å². The van der Waals surface area contributed by atoms with Gasteiger partial charge in [0.25, 0.3) is 0 Å². The second kappa shape index (κ2) is 35.4. The molecule has 0 heterocycles. The Morgan fingerprint density at radius 2 is 0.909 bits per heavy atom. The minimum atomic E-state index is -0.687. The number of hydrogen-bond donors (Lipinski definition) is 1. The van der Waals surface area contributed by atoms with Crippen LogP contribution >= 0.6 is 0 Å². The van der Waals surface area contributed by atoms with Gasteiger partial charge in [0.15, 0.2) is 0 Å². The number of unbranched alkanes of at least 4 members (excludes halogenated alkanes) is 16. The van der Waals surface area contributed by atoms with E-state index in [0.29, 0.717) is 12.8 Å². The lowest BCUT2D eigenvalue weighted by Gasteiger charge is -2.18. The number of allylic oxidation sites excluding steroid dienone is 8. The molecular formula is C40H70O4. The maximum Gasteiger partial charge on any atom is 0.306 e. The number of carbonyl (C=O) groups excluding carboxylic acids is 1. The van der Waals surface area contributed by atoms with Gasteiger partial charge >= 0.3 is 11.9 Å². The van der Waals surface area contributed by atoms with Crippen LogP contribution in [0.25, 0.3) is 0 Å². The normalized spacial score (nSPS) is 12.8. The Bertz CT molecular complexity index is 748. The third-order valence-electron chi connectivity index (χ3n) is 8.05. The minimum Gasteiger partial charge on any atom is -0.481 e. The molecule has 0 aromatic rings. The number of carbonyl (C=O) groups is 2. The fourth-order valence-electron chi connectivity index (χ4n) is 5.27.